The Morgan fingerprint density at radius 2 is 1.86 bits per heavy atom. The van der Waals surface area contributed by atoms with Crippen LogP contribution in [0.5, 0.6) is 5.75 Å². The van der Waals surface area contributed by atoms with E-state index in [1.807, 2.05) is 44.2 Å². The summed E-state index contributed by atoms with van der Waals surface area (Å²) in [5.41, 5.74) is -0.112. The van der Waals surface area contributed by atoms with Crippen molar-refractivity contribution < 1.29 is 19.4 Å². The number of hydrogen-bond acceptors (Lipinski definition) is 4. The summed E-state index contributed by atoms with van der Waals surface area (Å²) in [5, 5.41) is 17.7. The van der Waals surface area contributed by atoms with Gasteiger partial charge in [0.15, 0.2) is 0 Å². The number of nitrogens with one attached hydrogen (secondary N) is 2. The second-order valence-electron chi connectivity index (χ2n) is 8.45. The molecule has 8 heteroatoms. The lowest BCUT2D eigenvalue weighted by molar-refractivity contribution is -0.141. The predicted molar refractivity (Wildman–Crippen MR) is 140 cm³/mol. The zero-order valence-electron chi connectivity index (χ0n) is 19.6. The first-order chi connectivity index (χ1) is 16.8. The van der Waals surface area contributed by atoms with E-state index in [4.69, 9.17) is 4.74 Å². The molecule has 3 aromatic carbocycles. The number of nitrogens with zero attached hydrogens (tertiary/aromatic N) is 1. The minimum Gasteiger partial charge on any atom is -0.494 e. The third kappa shape index (κ3) is 5.18. The summed E-state index contributed by atoms with van der Waals surface area (Å²) in [6, 6.07) is 20.9. The van der Waals surface area contributed by atoms with E-state index in [2.05, 4.69) is 26.6 Å². The lowest BCUT2D eigenvalue weighted by atomic mass is 9.94. The number of fused-ring (bicyclic) bond motifs is 1. The lowest BCUT2D eigenvalue weighted by Gasteiger charge is -2.43. The number of anilines is 2. The van der Waals surface area contributed by atoms with Crippen LogP contribution in [0.1, 0.15) is 31.4 Å². The fourth-order valence-corrected chi connectivity index (χ4v) is 4.52. The molecule has 0 spiro atoms. The van der Waals surface area contributed by atoms with Gasteiger partial charge in [0.05, 0.1) is 12.3 Å². The third-order valence-electron chi connectivity index (χ3n) is 5.93. The topological polar surface area (TPSA) is 90.9 Å². The molecule has 0 unspecified atom stereocenters. The number of ether oxygens (including phenoxy) is 1. The van der Waals surface area contributed by atoms with Crippen molar-refractivity contribution >= 4 is 39.2 Å². The van der Waals surface area contributed by atoms with Crippen LogP contribution < -0.4 is 20.3 Å². The molecule has 7 nitrogen and oxygen atoms in total. The lowest BCUT2D eigenvalue weighted by Crippen LogP contribution is -2.63. The minimum absolute atomic E-state index is 0.241. The van der Waals surface area contributed by atoms with Gasteiger partial charge in [0.25, 0.3) is 11.6 Å². The number of halogens is 1. The van der Waals surface area contributed by atoms with Crippen LogP contribution in [0.4, 0.5) is 16.2 Å². The van der Waals surface area contributed by atoms with Gasteiger partial charge < -0.3 is 20.5 Å². The Labute approximate surface area is 213 Å². The zero-order chi connectivity index (χ0) is 25.0. The number of carbonyl (C=O) groups excluding carboxylic acids is 2. The first kappa shape index (κ1) is 24.8. The molecule has 3 amide bonds. The average molecular weight is 538 g/mol. The Balaban J connectivity index is 1.66. The first-order valence-corrected chi connectivity index (χ1v) is 12.3. The van der Waals surface area contributed by atoms with E-state index in [1.54, 1.807) is 42.5 Å². The summed E-state index contributed by atoms with van der Waals surface area (Å²) < 4.78 is 6.16. The number of urea groups is 1. The predicted octanol–water partition coefficient (Wildman–Crippen LogP) is 5.18. The van der Waals surface area contributed by atoms with Gasteiger partial charge in [-0.25, -0.2) is 4.79 Å². The largest absolute Gasteiger partial charge is 0.494 e. The van der Waals surface area contributed by atoms with E-state index < -0.39 is 17.7 Å². The van der Waals surface area contributed by atoms with Crippen LogP contribution in [-0.2, 0) is 16.9 Å². The Bertz CT molecular complexity index is 1200. The quantitative estimate of drug-likeness (QED) is 0.369. The zero-order valence-corrected chi connectivity index (χ0v) is 21.2. The highest BCUT2D eigenvalue weighted by molar-refractivity contribution is 9.10. The standard InChI is InChI=1S/C27H28BrN3O4/c1-3-35-22-14-12-21(13-15-22)31-26(33)30-24-16-11-20(28)17-23(24)27(31,34)25(32)29-18(2)9-10-19-7-5-4-6-8-19/h4-8,11-18,34H,3,9-10H2,1-2H3,(H,29,32)(H,30,33)/t18-,27+/m0/s1. The first-order valence-electron chi connectivity index (χ1n) is 11.5. The summed E-state index contributed by atoms with van der Waals surface area (Å²) in [4.78, 5) is 28.0. The molecule has 3 N–H and O–H groups in total. The smallest absolute Gasteiger partial charge is 0.329 e. The molecular weight excluding hydrogens is 510 g/mol. The number of aryl methyl sites for hydroxylation is 1. The minimum atomic E-state index is -2.27. The Morgan fingerprint density at radius 1 is 1.14 bits per heavy atom. The van der Waals surface area contributed by atoms with Crippen LogP contribution in [0.3, 0.4) is 0 Å². The monoisotopic (exact) mass is 537 g/mol. The highest BCUT2D eigenvalue weighted by Crippen LogP contribution is 2.41. The van der Waals surface area contributed by atoms with Crippen molar-refractivity contribution in [1.29, 1.82) is 0 Å². The molecular formula is C27H28BrN3O4. The van der Waals surface area contributed by atoms with Gasteiger partial charge in [-0.2, -0.15) is 0 Å². The molecule has 4 rings (SSSR count). The van der Waals surface area contributed by atoms with Crippen LogP contribution in [0, 0.1) is 0 Å². The van der Waals surface area contributed by atoms with Crippen molar-refractivity contribution in [2.75, 3.05) is 16.8 Å². The van der Waals surface area contributed by atoms with E-state index >= 15 is 0 Å². The molecule has 182 valence electrons. The molecule has 0 bridgehead atoms. The number of rotatable bonds is 8. The van der Waals surface area contributed by atoms with Crippen LogP contribution in [0.15, 0.2) is 77.3 Å². The molecule has 1 aliphatic heterocycles. The molecule has 35 heavy (non-hydrogen) atoms. The van der Waals surface area contributed by atoms with Gasteiger partial charge in [-0.1, -0.05) is 46.3 Å². The summed E-state index contributed by atoms with van der Waals surface area (Å²) in [6.07, 6.45) is 1.44. The molecule has 0 fully saturated rings. The summed E-state index contributed by atoms with van der Waals surface area (Å²) in [6.45, 7) is 4.26. The molecule has 0 aliphatic carbocycles. The van der Waals surface area contributed by atoms with Crippen molar-refractivity contribution in [1.82, 2.24) is 5.32 Å². The van der Waals surface area contributed by atoms with E-state index in [0.29, 0.717) is 34.6 Å². The van der Waals surface area contributed by atoms with Gasteiger partial charge in [-0.15, -0.1) is 0 Å². The van der Waals surface area contributed by atoms with Gasteiger partial charge in [0.2, 0.25) is 0 Å². The highest BCUT2D eigenvalue weighted by Gasteiger charge is 2.52. The molecule has 1 aliphatic rings. The average Bonchev–Trinajstić information content (AvgIpc) is 2.85. The maximum absolute atomic E-state index is 13.7. The van der Waals surface area contributed by atoms with Gasteiger partial charge in [-0.05, 0) is 74.7 Å². The number of aliphatic hydroxyl groups is 1. The van der Waals surface area contributed by atoms with Gasteiger partial charge in [0.1, 0.15) is 5.75 Å². The van der Waals surface area contributed by atoms with E-state index in [9.17, 15) is 14.7 Å². The molecule has 0 saturated carbocycles. The SMILES string of the molecule is CCOc1ccc(N2C(=O)Nc3ccc(Br)cc3[C@@]2(O)C(=O)N[C@@H](C)CCc2ccccc2)cc1. The van der Waals surface area contributed by atoms with Crippen molar-refractivity contribution in [2.45, 2.75) is 38.5 Å². The maximum Gasteiger partial charge on any atom is 0.329 e. The highest BCUT2D eigenvalue weighted by atomic mass is 79.9. The van der Waals surface area contributed by atoms with Gasteiger partial charge >= 0.3 is 6.03 Å². The fourth-order valence-electron chi connectivity index (χ4n) is 4.16. The van der Waals surface area contributed by atoms with E-state index in [1.165, 1.54) is 0 Å². The third-order valence-corrected chi connectivity index (χ3v) is 6.43. The number of benzene rings is 3. The van der Waals surface area contributed by atoms with Crippen LogP contribution in [0.25, 0.3) is 0 Å². The van der Waals surface area contributed by atoms with Crippen LogP contribution in [0.2, 0.25) is 0 Å². The maximum atomic E-state index is 13.7. The van der Waals surface area contributed by atoms with Crippen LogP contribution >= 0.6 is 15.9 Å². The Morgan fingerprint density at radius 3 is 2.54 bits per heavy atom. The van der Waals surface area contributed by atoms with Crippen molar-refractivity contribution in [3.05, 3.63) is 88.4 Å². The molecule has 1 heterocycles. The molecule has 2 atom stereocenters. The molecule has 0 saturated heterocycles. The Kier molecular flexibility index (Phi) is 7.42. The molecule has 0 radical (unpaired) electrons. The van der Waals surface area contributed by atoms with Gasteiger partial charge in [0, 0.05) is 21.8 Å². The number of carbonyl (C=O) groups is 2. The number of amides is 3. The summed E-state index contributed by atoms with van der Waals surface area (Å²) in [7, 11) is 0. The van der Waals surface area contributed by atoms with E-state index in [-0.39, 0.29) is 11.6 Å². The van der Waals surface area contributed by atoms with E-state index in [0.717, 1.165) is 16.9 Å². The van der Waals surface area contributed by atoms with Crippen molar-refractivity contribution in [3.8, 4) is 5.75 Å². The Hall–Kier alpha value is -3.36. The van der Waals surface area contributed by atoms with Gasteiger partial charge in [-0.3, -0.25) is 9.69 Å². The van der Waals surface area contributed by atoms with Crippen LogP contribution in [-0.4, -0.2) is 29.7 Å². The second-order valence-corrected chi connectivity index (χ2v) is 9.37. The molecule has 0 aromatic heterocycles. The van der Waals surface area contributed by atoms with Crippen molar-refractivity contribution in [2.24, 2.45) is 0 Å². The number of hydrogen-bond donors (Lipinski definition) is 3. The van der Waals surface area contributed by atoms with Crippen molar-refractivity contribution in [3.63, 3.8) is 0 Å². The summed E-state index contributed by atoms with van der Waals surface area (Å²) >= 11 is 3.42. The fraction of sp³-hybridized carbons (Fsp3) is 0.259. The molecule has 3 aromatic rings. The normalized spacial score (nSPS) is 17.8. The summed E-state index contributed by atoms with van der Waals surface area (Å²) in [5.74, 6) is -0.0551. The second kappa shape index (κ2) is 10.5.